The molecule has 0 aromatic heterocycles. The molecule has 3 atom stereocenters. The first-order valence-corrected chi connectivity index (χ1v) is 9.02. The molecule has 0 aromatic carbocycles. The lowest BCUT2D eigenvalue weighted by Crippen LogP contribution is -2.32. The van der Waals surface area contributed by atoms with E-state index in [-0.39, 0.29) is 0 Å². The molecule has 0 bridgehead atoms. The second-order valence-electron chi connectivity index (χ2n) is 7.15. The summed E-state index contributed by atoms with van der Waals surface area (Å²) in [4.78, 5) is 0. The molecule has 0 aliphatic heterocycles. The van der Waals surface area contributed by atoms with Crippen molar-refractivity contribution in [3.8, 4) is 0 Å². The molecule has 19 heavy (non-hydrogen) atoms. The standard InChI is InChI=1S/C18H35N/c1-3-4-5-6-7-8-9-10-11-18(19-2)17-13-15-12-16(15)14-17/h15-19H,3-14H2,1-2H3. The molecule has 0 saturated heterocycles. The molecule has 0 amide bonds. The first-order valence-electron chi connectivity index (χ1n) is 9.02. The van der Waals surface area contributed by atoms with Crippen molar-refractivity contribution in [3.63, 3.8) is 0 Å². The fraction of sp³-hybridized carbons (Fsp3) is 1.00. The molecule has 2 saturated carbocycles. The van der Waals surface area contributed by atoms with Gasteiger partial charge in [-0.15, -0.1) is 0 Å². The summed E-state index contributed by atoms with van der Waals surface area (Å²) in [7, 11) is 2.18. The Labute approximate surface area is 120 Å². The lowest BCUT2D eigenvalue weighted by atomic mass is 9.90. The van der Waals surface area contributed by atoms with Gasteiger partial charge in [-0.1, -0.05) is 58.3 Å². The average molecular weight is 265 g/mol. The monoisotopic (exact) mass is 265 g/mol. The Morgan fingerprint density at radius 3 is 2.00 bits per heavy atom. The molecule has 2 aliphatic carbocycles. The summed E-state index contributed by atoms with van der Waals surface area (Å²) in [5.74, 6) is 3.29. The molecule has 0 spiro atoms. The highest BCUT2D eigenvalue weighted by atomic mass is 14.9. The number of hydrogen-bond donors (Lipinski definition) is 1. The minimum Gasteiger partial charge on any atom is -0.317 e. The van der Waals surface area contributed by atoms with Crippen LogP contribution in [0.2, 0.25) is 0 Å². The highest BCUT2D eigenvalue weighted by Gasteiger charge is 2.47. The van der Waals surface area contributed by atoms with E-state index >= 15 is 0 Å². The smallest absolute Gasteiger partial charge is 0.00925 e. The van der Waals surface area contributed by atoms with Gasteiger partial charge in [-0.3, -0.25) is 0 Å². The van der Waals surface area contributed by atoms with Crippen LogP contribution in [-0.4, -0.2) is 13.1 Å². The van der Waals surface area contributed by atoms with Crippen molar-refractivity contribution in [1.82, 2.24) is 5.32 Å². The number of unbranched alkanes of at least 4 members (excludes halogenated alkanes) is 7. The third-order valence-corrected chi connectivity index (χ3v) is 5.59. The summed E-state index contributed by atoms with van der Waals surface area (Å²) in [6.07, 6.45) is 17.6. The van der Waals surface area contributed by atoms with Gasteiger partial charge in [0.25, 0.3) is 0 Å². The molecule has 1 heteroatoms. The number of fused-ring (bicyclic) bond motifs is 1. The molecular formula is C18H35N. The van der Waals surface area contributed by atoms with Crippen LogP contribution in [0.1, 0.15) is 84.0 Å². The van der Waals surface area contributed by atoms with E-state index in [0.29, 0.717) is 0 Å². The minimum absolute atomic E-state index is 0.827. The largest absolute Gasteiger partial charge is 0.317 e. The lowest BCUT2D eigenvalue weighted by Gasteiger charge is -2.24. The van der Waals surface area contributed by atoms with Gasteiger partial charge >= 0.3 is 0 Å². The van der Waals surface area contributed by atoms with Crippen LogP contribution in [0.25, 0.3) is 0 Å². The van der Waals surface area contributed by atoms with E-state index < -0.39 is 0 Å². The zero-order valence-corrected chi connectivity index (χ0v) is 13.3. The summed E-state index contributed by atoms with van der Waals surface area (Å²) in [5.41, 5.74) is 0. The molecule has 1 N–H and O–H groups in total. The normalized spacial score (nSPS) is 30.3. The summed E-state index contributed by atoms with van der Waals surface area (Å²) in [5, 5.41) is 3.60. The Hall–Kier alpha value is -0.0400. The molecule has 2 rings (SSSR count). The maximum atomic E-state index is 3.60. The van der Waals surface area contributed by atoms with Crippen molar-refractivity contribution < 1.29 is 0 Å². The molecule has 2 fully saturated rings. The van der Waals surface area contributed by atoms with Crippen LogP contribution in [0.3, 0.4) is 0 Å². The van der Waals surface area contributed by atoms with Gasteiger partial charge in [-0.2, -0.15) is 0 Å². The van der Waals surface area contributed by atoms with Crippen LogP contribution in [0, 0.1) is 17.8 Å². The number of nitrogens with one attached hydrogen (secondary N) is 1. The van der Waals surface area contributed by atoms with Crippen molar-refractivity contribution in [3.05, 3.63) is 0 Å². The van der Waals surface area contributed by atoms with Gasteiger partial charge in [0.1, 0.15) is 0 Å². The van der Waals surface area contributed by atoms with Crippen molar-refractivity contribution in [2.75, 3.05) is 7.05 Å². The SMILES string of the molecule is CCCCCCCCCCC(NC)C1CC2CC2C1. The van der Waals surface area contributed by atoms with E-state index in [4.69, 9.17) is 0 Å². The van der Waals surface area contributed by atoms with E-state index in [1.165, 1.54) is 70.6 Å². The van der Waals surface area contributed by atoms with Gasteiger partial charge in [-0.05, 0) is 50.5 Å². The topological polar surface area (TPSA) is 12.0 Å². The predicted molar refractivity (Wildman–Crippen MR) is 84.4 cm³/mol. The Kier molecular flexibility index (Phi) is 6.70. The highest BCUT2D eigenvalue weighted by molar-refractivity contribution is 4.98. The zero-order valence-electron chi connectivity index (χ0n) is 13.3. The zero-order chi connectivity index (χ0) is 13.5. The van der Waals surface area contributed by atoms with Gasteiger partial charge in [0.05, 0.1) is 0 Å². The Balaban J connectivity index is 1.45. The van der Waals surface area contributed by atoms with Crippen molar-refractivity contribution >= 4 is 0 Å². The summed E-state index contributed by atoms with van der Waals surface area (Å²) >= 11 is 0. The molecule has 112 valence electrons. The number of rotatable bonds is 11. The maximum absolute atomic E-state index is 3.60. The Morgan fingerprint density at radius 2 is 1.42 bits per heavy atom. The van der Waals surface area contributed by atoms with Gasteiger partial charge in [0.2, 0.25) is 0 Å². The molecule has 0 aromatic rings. The van der Waals surface area contributed by atoms with Gasteiger partial charge in [-0.25, -0.2) is 0 Å². The Morgan fingerprint density at radius 1 is 0.842 bits per heavy atom. The van der Waals surface area contributed by atoms with Crippen molar-refractivity contribution in [2.45, 2.75) is 90.0 Å². The fourth-order valence-electron chi connectivity index (χ4n) is 4.20. The van der Waals surface area contributed by atoms with E-state index in [2.05, 4.69) is 19.3 Å². The van der Waals surface area contributed by atoms with E-state index in [9.17, 15) is 0 Å². The van der Waals surface area contributed by atoms with E-state index in [1.54, 1.807) is 6.42 Å². The highest BCUT2D eigenvalue weighted by Crippen LogP contribution is 2.55. The van der Waals surface area contributed by atoms with Crippen LogP contribution in [0.5, 0.6) is 0 Å². The fourth-order valence-corrected chi connectivity index (χ4v) is 4.20. The van der Waals surface area contributed by atoms with Gasteiger partial charge in [0.15, 0.2) is 0 Å². The molecular weight excluding hydrogens is 230 g/mol. The van der Waals surface area contributed by atoms with Crippen LogP contribution in [0.15, 0.2) is 0 Å². The summed E-state index contributed by atoms with van der Waals surface area (Å²) in [6.45, 7) is 2.30. The van der Waals surface area contributed by atoms with Crippen LogP contribution < -0.4 is 5.32 Å². The predicted octanol–water partition coefficient (Wildman–Crippen LogP) is 5.15. The second kappa shape index (κ2) is 8.29. The van der Waals surface area contributed by atoms with Crippen molar-refractivity contribution in [2.24, 2.45) is 17.8 Å². The lowest BCUT2D eigenvalue weighted by molar-refractivity contribution is 0.325. The molecule has 1 nitrogen and oxygen atoms in total. The van der Waals surface area contributed by atoms with Gasteiger partial charge in [0, 0.05) is 6.04 Å². The minimum atomic E-state index is 0.827. The average Bonchev–Trinajstić information content (AvgIpc) is 3.04. The third-order valence-electron chi connectivity index (χ3n) is 5.59. The quantitative estimate of drug-likeness (QED) is 0.509. The molecule has 0 radical (unpaired) electrons. The van der Waals surface area contributed by atoms with Crippen molar-refractivity contribution in [1.29, 1.82) is 0 Å². The van der Waals surface area contributed by atoms with E-state index in [0.717, 1.165) is 23.8 Å². The van der Waals surface area contributed by atoms with Crippen LogP contribution >= 0.6 is 0 Å². The third kappa shape index (κ3) is 5.10. The maximum Gasteiger partial charge on any atom is 0.00925 e. The van der Waals surface area contributed by atoms with Gasteiger partial charge < -0.3 is 5.32 Å². The molecule has 3 unspecified atom stereocenters. The number of hydrogen-bond acceptors (Lipinski definition) is 1. The summed E-state index contributed by atoms with van der Waals surface area (Å²) < 4.78 is 0. The second-order valence-corrected chi connectivity index (χ2v) is 7.15. The molecule has 0 heterocycles. The first-order chi connectivity index (χ1) is 9.35. The van der Waals surface area contributed by atoms with Crippen LogP contribution in [-0.2, 0) is 0 Å². The Bertz CT molecular complexity index is 228. The summed E-state index contributed by atoms with van der Waals surface area (Å²) in [6, 6.07) is 0.827. The first kappa shape index (κ1) is 15.4. The van der Waals surface area contributed by atoms with Crippen LogP contribution in [0.4, 0.5) is 0 Å². The van der Waals surface area contributed by atoms with E-state index in [1.807, 2.05) is 0 Å². The molecule has 2 aliphatic rings.